The number of nitrogens with zero attached hydrogens (tertiary/aromatic N) is 1. The molecule has 1 unspecified atom stereocenters. The Balaban J connectivity index is 2.14. The van der Waals surface area contributed by atoms with Gasteiger partial charge in [-0.05, 0) is 12.8 Å². The van der Waals surface area contributed by atoms with Crippen LogP contribution in [-0.2, 0) is 0 Å². The first-order valence-electron chi connectivity index (χ1n) is 7.06. The molecule has 0 spiro atoms. The first kappa shape index (κ1) is 15.3. The van der Waals surface area contributed by atoms with E-state index in [1.54, 1.807) is 4.73 Å². The lowest BCUT2D eigenvalue weighted by Gasteiger charge is -2.10. The molecule has 1 aromatic heterocycles. The molecule has 0 aliphatic carbocycles. The first-order chi connectivity index (χ1) is 8.86. The maximum absolute atomic E-state index is 5.94. The second kappa shape index (κ2) is 10.2. The van der Waals surface area contributed by atoms with Crippen molar-refractivity contribution in [1.29, 1.82) is 0 Å². The molecule has 1 rings (SSSR count). The molecular weight excluding hydrogens is 246 g/mol. The molecule has 1 heterocycles. The summed E-state index contributed by atoms with van der Waals surface area (Å²) in [4.78, 5) is 5.78. The van der Waals surface area contributed by atoms with Crippen LogP contribution in [0, 0.1) is 0 Å². The number of hydrogen-bond acceptors (Lipinski definition) is 1. The minimum atomic E-state index is 0.116. The van der Waals surface area contributed by atoms with Gasteiger partial charge in [0.1, 0.15) is 0 Å². The van der Waals surface area contributed by atoms with E-state index in [2.05, 4.69) is 6.92 Å². The summed E-state index contributed by atoms with van der Waals surface area (Å²) in [6.07, 6.45) is 12.8. The van der Waals surface area contributed by atoms with Crippen molar-refractivity contribution in [2.24, 2.45) is 0 Å². The molecule has 0 aliphatic heterocycles. The standard InChI is InChI=1S/C15H25ClNO/c1-2-3-4-5-6-8-11-15(14-16)18-17-12-9-7-10-13-17/h7,9-10,12-13,15H,2-6,8,11,14H2,1H3/q+1. The lowest BCUT2D eigenvalue weighted by atomic mass is 10.1. The maximum atomic E-state index is 5.94. The molecule has 0 aromatic carbocycles. The highest BCUT2D eigenvalue weighted by Gasteiger charge is 2.13. The van der Waals surface area contributed by atoms with Crippen molar-refractivity contribution < 1.29 is 9.57 Å². The van der Waals surface area contributed by atoms with Gasteiger partial charge in [-0.2, -0.15) is 0 Å². The molecule has 3 heteroatoms. The molecule has 0 amide bonds. The van der Waals surface area contributed by atoms with Crippen molar-refractivity contribution in [3.63, 3.8) is 0 Å². The van der Waals surface area contributed by atoms with E-state index in [1.165, 1.54) is 38.5 Å². The number of halogens is 1. The van der Waals surface area contributed by atoms with E-state index in [-0.39, 0.29) is 6.10 Å². The molecule has 2 nitrogen and oxygen atoms in total. The van der Waals surface area contributed by atoms with Gasteiger partial charge in [-0.15, -0.1) is 11.6 Å². The monoisotopic (exact) mass is 270 g/mol. The Kier molecular flexibility index (Phi) is 8.66. The quantitative estimate of drug-likeness (QED) is 0.358. The van der Waals surface area contributed by atoms with Crippen LogP contribution in [0.1, 0.15) is 51.9 Å². The third kappa shape index (κ3) is 6.85. The van der Waals surface area contributed by atoms with Crippen molar-refractivity contribution in [3.8, 4) is 0 Å². The Morgan fingerprint density at radius 3 is 2.33 bits per heavy atom. The number of pyridine rings is 1. The largest absolute Gasteiger partial charge is 0.267 e. The van der Waals surface area contributed by atoms with Gasteiger partial charge >= 0.3 is 0 Å². The Labute approximate surface area is 116 Å². The number of aromatic nitrogens is 1. The minimum absolute atomic E-state index is 0.116. The Morgan fingerprint density at radius 2 is 1.67 bits per heavy atom. The molecule has 0 radical (unpaired) electrons. The van der Waals surface area contributed by atoms with Crippen LogP contribution in [0.5, 0.6) is 0 Å². The van der Waals surface area contributed by atoms with Crippen LogP contribution >= 0.6 is 11.6 Å². The third-order valence-corrected chi connectivity index (χ3v) is 3.35. The van der Waals surface area contributed by atoms with Crippen molar-refractivity contribution >= 4 is 11.6 Å². The summed E-state index contributed by atoms with van der Waals surface area (Å²) in [6.45, 7) is 2.24. The van der Waals surface area contributed by atoms with Crippen molar-refractivity contribution in [1.82, 2.24) is 0 Å². The zero-order valence-electron chi connectivity index (χ0n) is 11.4. The zero-order valence-corrected chi connectivity index (χ0v) is 12.1. The second-order valence-electron chi connectivity index (χ2n) is 4.67. The highest BCUT2D eigenvalue weighted by Crippen LogP contribution is 2.09. The fourth-order valence-corrected chi connectivity index (χ4v) is 2.15. The van der Waals surface area contributed by atoms with Crippen LogP contribution in [0.2, 0.25) is 0 Å². The SMILES string of the molecule is CCCCCCCCC(CCl)O[n+]1ccccc1. The van der Waals surface area contributed by atoms with Crippen LogP contribution in [0.3, 0.4) is 0 Å². The van der Waals surface area contributed by atoms with E-state index in [4.69, 9.17) is 16.4 Å². The molecule has 0 aliphatic rings. The highest BCUT2D eigenvalue weighted by molar-refractivity contribution is 6.18. The molecule has 0 saturated carbocycles. The van der Waals surface area contributed by atoms with Crippen LogP contribution < -0.4 is 9.57 Å². The second-order valence-corrected chi connectivity index (χ2v) is 4.98. The predicted molar refractivity (Wildman–Crippen MR) is 75.7 cm³/mol. The summed E-state index contributed by atoms with van der Waals surface area (Å²) >= 11 is 5.94. The van der Waals surface area contributed by atoms with E-state index in [9.17, 15) is 0 Å². The summed E-state index contributed by atoms with van der Waals surface area (Å²) in [5.74, 6) is 0.552. The van der Waals surface area contributed by atoms with E-state index in [0.717, 1.165) is 6.42 Å². The van der Waals surface area contributed by atoms with Gasteiger partial charge in [0.25, 0.3) is 0 Å². The highest BCUT2D eigenvalue weighted by atomic mass is 35.5. The van der Waals surface area contributed by atoms with Crippen LogP contribution in [0.25, 0.3) is 0 Å². The molecule has 102 valence electrons. The van der Waals surface area contributed by atoms with Gasteiger partial charge in [0.05, 0.1) is 5.88 Å². The summed E-state index contributed by atoms with van der Waals surface area (Å²) < 4.78 is 1.74. The lowest BCUT2D eigenvalue weighted by Crippen LogP contribution is -2.47. The number of hydrogen-bond donors (Lipinski definition) is 0. The summed E-state index contributed by atoms with van der Waals surface area (Å²) in [7, 11) is 0. The molecule has 0 saturated heterocycles. The Morgan fingerprint density at radius 1 is 1.00 bits per heavy atom. The van der Waals surface area contributed by atoms with Gasteiger partial charge < -0.3 is 0 Å². The minimum Gasteiger partial charge on any atom is -0.267 e. The van der Waals surface area contributed by atoms with Gasteiger partial charge in [0.2, 0.25) is 12.4 Å². The topological polar surface area (TPSA) is 13.1 Å². The molecule has 0 N–H and O–H groups in total. The van der Waals surface area contributed by atoms with E-state index in [1.807, 2.05) is 30.6 Å². The van der Waals surface area contributed by atoms with Gasteiger partial charge in [-0.25, -0.2) is 0 Å². The summed E-state index contributed by atoms with van der Waals surface area (Å²) in [5, 5.41) is 0. The predicted octanol–water partition coefficient (Wildman–Crippen LogP) is 3.76. The molecule has 1 aromatic rings. The van der Waals surface area contributed by atoms with Gasteiger partial charge in [0, 0.05) is 16.9 Å². The van der Waals surface area contributed by atoms with Crippen LogP contribution in [-0.4, -0.2) is 12.0 Å². The molecule has 18 heavy (non-hydrogen) atoms. The fourth-order valence-electron chi connectivity index (χ4n) is 1.94. The first-order valence-corrected chi connectivity index (χ1v) is 7.59. The van der Waals surface area contributed by atoms with Crippen molar-refractivity contribution in [3.05, 3.63) is 30.6 Å². The molecular formula is C15H25ClNO+. The zero-order chi connectivity index (χ0) is 13.1. The number of rotatable bonds is 10. The fraction of sp³-hybridized carbons (Fsp3) is 0.667. The number of unbranched alkanes of at least 4 members (excludes halogenated alkanes) is 5. The lowest BCUT2D eigenvalue weighted by molar-refractivity contribution is -0.898. The maximum Gasteiger partial charge on any atom is 0.222 e. The smallest absolute Gasteiger partial charge is 0.222 e. The number of alkyl halides is 1. The van der Waals surface area contributed by atoms with Gasteiger partial charge in [-0.3, -0.25) is 4.84 Å². The molecule has 0 bridgehead atoms. The normalized spacial score (nSPS) is 12.3. The molecule has 0 fully saturated rings. The van der Waals surface area contributed by atoms with Crippen LogP contribution in [0.4, 0.5) is 0 Å². The summed E-state index contributed by atoms with van der Waals surface area (Å²) in [5.41, 5.74) is 0. The van der Waals surface area contributed by atoms with Gasteiger partial charge in [0.15, 0.2) is 6.10 Å². The average Bonchev–Trinajstić information content (AvgIpc) is 2.42. The van der Waals surface area contributed by atoms with E-state index in [0.29, 0.717) is 5.88 Å². The Bertz CT molecular complexity index is 292. The van der Waals surface area contributed by atoms with E-state index >= 15 is 0 Å². The van der Waals surface area contributed by atoms with Gasteiger partial charge in [-0.1, -0.05) is 45.1 Å². The van der Waals surface area contributed by atoms with E-state index < -0.39 is 0 Å². The molecule has 1 atom stereocenters. The van der Waals surface area contributed by atoms with Crippen molar-refractivity contribution in [2.45, 2.75) is 58.0 Å². The van der Waals surface area contributed by atoms with Crippen LogP contribution in [0.15, 0.2) is 30.6 Å². The summed E-state index contributed by atoms with van der Waals surface area (Å²) in [6, 6.07) is 5.88. The average molecular weight is 271 g/mol. The van der Waals surface area contributed by atoms with Crippen molar-refractivity contribution in [2.75, 3.05) is 5.88 Å². The third-order valence-electron chi connectivity index (χ3n) is 3.01. The Hall–Kier alpha value is -0.760.